The topological polar surface area (TPSA) is 122 Å². The number of nitrogens with two attached hydrogens (primary N) is 1. The van der Waals surface area contributed by atoms with Crippen molar-refractivity contribution in [1.29, 1.82) is 0 Å². The maximum atomic E-state index is 11.7. The quantitative estimate of drug-likeness (QED) is 0.350. The molecule has 1 aromatic heterocycles. The van der Waals surface area contributed by atoms with E-state index in [4.69, 9.17) is 5.84 Å². The number of carbonyl (C=O) groups excluding carboxylic acids is 2. The van der Waals surface area contributed by atoms with Gasteiger partial charge in [0, 0.05) is 18.4 Å². The number of aromatic nitrogens is 2. The van der Waals surface area contributed by atoms with Crippen molar-refractivity contribution < 1.29 is 9.59 Å². The van der Waals surface area contributed by atoms with Gasteiger partial charge in [0.1, 0.15) is 23.5 Å². The zero-order valence-electron chi connectivity index (χ0n) is 11.4. The van der Waals surface area contributed by atoms with Crippen LogP contribution in [0.25, 0.3) is 0 Å². The first-order valence-corrected chi connectivity index (χ1v) is 6.45. The van der Waals surface area contributed by atoms with Crippen LogP contribution in [0.2, 0.25) is 0 Å². The van der Waals surface area contributed by atoms with Crippen molar-refractivity contribution >= 4 is 23.5 Å². The number of carbonyl (C=O) groups is 2. The molecule has 0 spiro atoms. The van der Waals surface area contributed by atoms with E-state index >= 15 is 0 Å². The van der Waals surface area contributed by atoms with Gasteiger partial charge in [0.25, 0.3) is 0 Å². The monoisotopic (exact) mass is 278 g/mol. The Morgan fingerprint density at radius 3 is 2.65 bits per heavy atom. The van der Waals surface area contributed by atoms with Crippen LogP contribution in [0, 0.1) is 0 Å². The first kappa shape index (κ1) is 14.2. The highest BCUT2D eigenvalue weighted by atomic mass is 16.2. The van der Waals surface area contributed by atoms with Gasteiger partial charge in [-0.2, -0.15) is 0 Å². The molecule has 8 nitrogen and oxygen atoms in total. The van der Waals surface area contributed by atoms with E-state index in [1.807, 2.05) is 13.8 Å². The minimum absolute atomic E-state index is 0.130. The van der Waals surface area contributed by atoms with Gasteiger partial charge in [-0.25, -0.2) is 15.8 Å². The zero-order valence-corrected chi connectivity index (χ0v) is 11.4. The summed E-state index contributed by atoms with van der Waals surface area (Å²) in [4.78, 5) is 31.4. The number of nitrogen functional groups attached to an aromatic ring is 1. The molecule has 20 heavy (non-hydrogen) atoms. The Morgan fingerprint density at radius 2 is 2.05 bits per heavy atom. The number of piperidine rings is 1. The van der Waals surface area contributed by atoms with Crippen LogP contribution in [-0.4, -0.2) is 27.8 Å². The Morgan fingerprint density at radius 1 is 1.35 bits per heavy atom. The van der Waals surface area contributed by atoms with Gasteiger partial charge in [0.15, 0.2) is 0 Å². The minimum atomic E-state index is -0.478. The maximum absolute atomic E-state index is 11.7. The predicted octanol–water partition coefficient (Wildman–Crippen LogP) is 0.103. The van der Waals surface area contributed by atoms with Crippen molar-refractivity contribution in [3.63, 3.8) is 0 Å². The SMILES string of the molecule is CC(C)c1nc(NN)cc(NC2CCC(=O)NC2=O)n1. The number of rotatable bonds is 4. The average Bonchev–Trinajstić information content (AvgIpc) is 2.41. The smallest absolute Gasteiger partial charge is 0.249 e. The summed E-state index contributed by atoms with van der Waals surface area (Å²) in [5.41, 5.74) is 2.47. The highest BCUT2D eigenvalue weighted by Gasteiger charge is 2.26. The standard InChI is InChI=1S/C12H18N6O2/c1-6(2)11-15-8(5-9(16-11)18-13)14-7-3-4-10(19)17-12(7)20/h5-7H,3-4,13H2,1-2H3,(H,17,19,20)(H2,14,15,16,18). The number of imide groups is 1. The number of amides is 2. The van der Waals surface area contributed by atoms with E-state index in [2.05, 4.69) is 26.0 Å². The summed E-state index contributed by atoms with van der Waals surface area (Å²) in [6, 6.07) is 1.14. The molecule has 2 rings (SSSR count). The van der Waals surface area contributed by atoms with Gasteiger partial charge in [-0.05, 0) is 6.42 Å². The van der Waals surface area contributed by atoms with E-state index in [0.717, 1.165) is 0 Å². The molecule has 0 bridgehead atoms. The fourth-order valence-corrected chi connectivity index (χ4v) is 1.88. The summed E-state index contributed by atoms with van der Waals surface area (Å²) < 4.78 is 0. The molecule has 1 aliphatic rings. The minimum Gasteiger partial charge on any atom is -0.358 e. The molecule has 108 valence electrons. The third-order valence-corrected chi connectivity index (χ3v) is 2.97. The van der Waals surface area contributed by atoms with Crippen LogP contribution in [0.3, 0.4) is 0 Å². The molecular formula is C12H18N6O2. The predicted molar refractivity (Wildman–Crippen MR) is 73.7 cm³/mol. The van der Waals surface area contributed by atoms with Crippen LogP contribution in [0.15, 0.2) is 6.07 Å². The van der Waals surface area contributed by atoms with E-state index in [-0.39, 0.29) is 17.7 Å². The summed E-state index contributed by atoms with van der Waals surface area (Å²) >= 11 is 0. The largest absolute Gasteiger partial charge is 0.358 e. The van der Waals surface area contributed by atoms with Crippen LogP contribution in [0.4, 0.5) is 11.6 Å². The molecule has 8 heteroatoms. The van der Waals surface area contributed by atoms with Gasteiger partial charge >= 0.3 is 0 Å². The Labute approximate surface area is 116 Å². The molecule has 1 aromatic rings. The highest BCUT2D eigenvalue weighted by Crippen LogP contribution is 2.18. The molecule has 1 aliphatic heterocycles. The van der Waals surface area contributed by atoms with Crippen LogP contribution < -0.4 is 21.9 Å². The van der Waals surface area contributed by atoms with E-state index < -0.39 is 6.04 Å². The molecular weight excluding hydrogens is 260 g/mol. The lowest BCUT2D eigenvalue weighted by Gasteiger charge is -2.22. The van der Waals surface area contributed by atoms with Crippen molar-refractivity contribution in [2.45, 2.75) is 38.6 Å². The summed E-state index contributed by atoms with van der Waals surface area (Å²) in [6.45, 7) is 3.93. The van der Waals surface area contributed by atoms with E-state index in [0.29, 0.717) is 30.3 Å². The zero-order chi connectivity index (χ0) is 14.7. The molecule has 0 aromatic carbocycles. The Bertz CT molecular complexity index is 531. The van der Waals surface area contributed by atoms with Crippen molar-refractivity contribution in [2.75, 3.05) is 10.7 Å². The van der Waals surface area contributed by atoms with Crippen LogP contribution in [0.1, 0.15) is 38.4 Å². The molecule has 1 saturated heterocycles. The van der Waals surface area contributed by atoms with Gasteiger partial charge < -0.3 is 10.7 Å². The normalized spacial score (nSPS) is 18.9. The molecule has 2 amide bonds. The third kappa shape index (κ3) is 3.21. The first-order chi connectivity index (χ1) is 9.49. The maximum Gasteiger partial charge on any atom is 0.249 e. The van der Waals surface area contributed by atoms with Crippen LogP contribution in [-0.2, 0) is 9.59 Å². The second-order valence-corrected chi connectivity index (χ2v) is 4.94. The van der Waals surface area contributed by atoms with Crippen molar-refractivity contribution in [3.05, 3.63) is 11.9 Å². The summed E-state index contributed by atoms with van der Waals surface area (Å²) in [7, 11) is 0. The number of nitrogens with zero attached hydrogens (tertiary/aromatic N) is 2. The second-order valence-electron chi connectivity index (χ2n) is 4.94. The number of nitrogens with one attached hydrogen (secondary N) is 3. The Hall–Kier alpha value is -2.22. The lowest BCUT2D eigenvalue weighted by Crippen LogP contribution is -2.47. The summed E-state index contributed by atoms with van der Waals surface area (Å²) in [5, 5.41) is 5.30. The summed E-state index contributed by atoms with van der Waals surface area (Å²) in [6.07, 6.45) is 0.755. The Kier molecular flexibility index (Phi) is 4.14. The van der Waals surface area contributed by atoms with Crippen molar-refractivity contribution in [2.24, 2.45) is 5.84 Å². The fourth-order valence-electron chi connectivity index (χ4n) is 1.88. The second kappa shape index (κ2) is 5.83. The van der Waals surface area contributed by atoms with Crippen LogP contribution >= 0.6 is 0 Å². The molecule has 5 N–H and O–H groups in total. The summed E-state index contributed by atoms with van der Waals surface area (Å²) in [5.74, 6) is 6.51. The number of hydrogen-bond donors (Lipinski definition) is 4. The molecule has 1 atom stereocenters. The molecule has 1 fully saturated rings. The van der Waals surface area contributed by atoms with Crippen LogP contribution in [0.5, 0.6) is 0 Å². The first-order valence-electron chi connectivity index (χ1n) is 6.45. The number of hydrazine groups is 1. The average molecular weight is 278 g/mol. The van der Waals surface area contributed by atoms with E-state index in [1.54, 1.807) is 6.07 Å². The van der Waals surface area contributed by atoms with E-state index in [9.17, 15) is 9.59 Å². The highest BCUT2D eigenvalue weighted by molar-refractivity contribution is 6.01. The van der Waals surface area contributed by atoms with Gasteiger partial charge in [-0.3, -0.25) is 14.9 Å². The number of hydrogen-bond acceptors (Lipinski definition) is 7. The van der Waals surface area contributed by atoms with Gasteiger partial charge in [0.05, 0.1) is 0 Å². The molecule has 0 aliphatic carbocycles. The lowest BCUT2D eigenvalue weighted by molar-refractivity contribution is -0.133. The molecule has 0 radical (unpaired) electrons. The van der Waals surface area contributed by atoms with Gasteiger partial charge in [-0.1, -0.05) is 13.8 Å². The molecule has 0 saturated carbocycles. The number of anilines is 2. The van der Waals surface area contributed by atoms with E-state index in [1.165, 1.54) is 0 Å². The van der Waals surface area contributed by atoms with Gasteiger partial charge in [-0.15, -0.1) is 0 Å². The van der Waals surface area contributed by atoms with Crippen molar-refractivity contribution in [3.8, 4) is 0 Å². The Balaban J connectivity index is 2.18. The fraction of sp³-hybridized carbons (Fsp3) is 0.500. The lowest BCUT2D eigenvalue weighted by atomic mass is 10.1. The van der Waals surface area contributed by atoms with Crippen molar-refractivity contribution in [1.82, 2.24) is 15.3 Å². The molecule has 1 unspecified atom stereocenters. The molecule has 2 heterocycles. The third-order valence-electron chi connectivity index (χ3n) is 2.97. The van der Waals surface area contributed by atoms with Gasteiger partial charge in [0.2, 0.25) is 11.8 Å².